The molecule has 0 aromatic heterocycles. The lowest BCUT2D eigenvalue weighted by atomic mass is 10.1. The Morgan fingerprint density at radius 2 is 2.09 bits per heavy atom. The van der Waals surface area contributed by atoms with Crippen molar-refractivity contribution in [2.45, 2.75) is 24.3 Å². The summed E-state index contributed by atoms with van der Waals surface area (Å²) in [6.45, 7) is 2.37. The number of carbonyl (C=O) groups excluding carboxylic acids is 1. The summed E-state index contributed by atoms with van der Waals surface area (Å²) in [6.07, 6.45) is 0.737. The van der Waals surface area contributed by atoms with Gasteiger partial charge in [-0.15, -0.1) is 0 Å². The van der Waals surface area contributed by atoms with Crippen LogP contribution in [-0.2, 0) is 22.0 Å². The molecule has 0 saturated heterocycles. The Morgan fingerprint density at radius 3 is 2.87 bits per heavy atom. The van der Waals surface area contributed by atoms with E-state index in [0.717, 1.165) is 23.3 Å². The molecule has 5 heteroatoms. The van der Waals surface area contributed by atoms with Crippen molar-refractivity contribution in [3.8, 4) is 5.75 Å². The molecule has 23 heavy (non-hydrogen) atoms. The van der Waals surface area contributed by atoms with E-state index in [1.165, 1.54) is 0 Å². The van der Waals surface area contributed by atoms with Gasteiger partial charge in [0.15, 0.2) is 0 Å². The van der Waals surface area contributed by atoms with E-state index in [4.69, 9.17) is 4.74 Å². The third kappa shape index (κ3) is 3.99. The minimum Gasteiger partial charge on any atom is -0.488 e. The second-order valence-corrected chi connectivity index (χ2v) is 7.11. The third-order valence-electron chi connectivity index (χ3n) is 3.76. The average molecular weight is 329 g/mol. The number of benzene rings is 2. The highest BCUT2D eigenvalue weighted by molar-refractivity contribution is 7.85. The molecule has 1 heterocycles. The van der Waals surface area contributed by atoms with Crippen LogP contribution in [0.1, 0.15) is 11.1 Å². The molecular weight excluding hydrogens is 310 g/mol. The van der Waals surface area contributed by atoms with Crippen LogP contribution in [0.5, 0.6) is 5.75 Å². The molecule has 0 bridgehead atoms. The summed E-state index contributed by atoms with van der Waals surface area (Å²) in [5, 5.41) is 2.82. The first kappa shape index (κ1) is 15.7. The quantitative estimate of drug-likeness (QED) is 0.915. The molecule has 2 aromatic rings. The van der Waals surface area contributed by atoms with Gasteiger partial charge in [0.05, 0.1) is 17.3 Å². The molecule has 0 radical (unpaired) electrons. The number of hydrogen-bond donors (Lipinski definition) is 1. The van der Waals surface area contributed by atoms with Crippen molar-refractivity contribution < 1.29 is 13.7 Å². The summed E-state index contributed by atoms with van der Waals surface area (Å²) in [5.74, 6) is 0.642. The van der Waals surface area contributed by atoms with Crippen LogP contribution in [0.25, 0.3) is 0 Å². The lowest BCUT2D eigenvalue weighted by Gasteiger charge is -2.12. The second kappa shape index (κ2) is 6.96. The molecule has 1 aliphatic rings. The first-order valence-corrected chi connectivity index (χ1v) is 8.90. The van der Waals surface area contributed by atoms with E-state index in [1.807, 2.05) is 49.4 Å². The average Bonchev–Trinajstić information content (AvgIpc) is 2.96. The smallest absolute Gasteiger partial charge is 0.233 e. The Balaban J connectivity index is 1.48. The predicted octanol–water partition coefficient (Wildman–Crippen LogP) is 2.22. The minimum absolute atomic E-state index is 0.0247. The molecule has 0 fully saturated rings. The largest absolute Gasteiger partial charge is 0.488 e. The summed E-state index contributed by atoms with van der Waals surface area (Å²) < 4.78 is 18.0. The molecule has 2 unspecified atom stereocenters. The van der Waals surface area contributed by atoms with Gasteiger partial charge in [-0.1, -0.05) is 30.3 Å². The number of hydrogen-bond acceptors (Lipinski definition) is 3. The van der Waals surface area contributed by atoms with E-state index in [9.17, 15) is 9.00 Å². The van der Waals surface area contributed by atoms with Gasteiger partial charge in [-0.3, -0.25) is 9.00 Å². The van der Waals surface area contributed by atoms with Gasteiger partial charge in [-0.25, -0.2) is 0 Å². The highest BCUT2D eigenvalue weighted by Gasteiger charge is 2.22. The second-order valence-electron chi connectivity index (χ2n) is 5.66. The van der Waals surface area contributed by atoms with Crippen molar-refractivity contribution in [2.75, 3.05) is 12.3 Å². The standard InChI is InChI=1S/C18H19NO3S/c1-13-5-4-7-16(9-13)23(21)12-18(20)19-11-15-10-14-6-2-3-8-17(14)22-15/h2-9,15H,10-12H2,1H3,(H,19,20). The van der Waals surface area contributed by atoms with Crippen molar-refractivity contribution in [1.29, 1.82) is 0 Å². The van der Waals surface area contributed by atoms with E-state index < -0.39 is 10.8 Å². The monoisotopic (exact) mass is 329 g/mol. The first-order valence-electron chi connectivity index (χ1n) is 7.58. The zero-order chi connectivity index (χ0) is 16.2. The summed E-state index contributed by atoms with van der Waals surface area (Å²) in [4.78, 5) is 12.7. The van der Waals surface area contributed by atoms with E-state index in [2.05, 4.69) is 5.32 Å². The Hall–Kier alpha value is -2.14. The fourth-order valence-electron chi connectivity index (χ4n) is 2.61. The van der Waals surface area contributed by atoms with E-state index in [1.54, 1.807) is 6.07 Å². The lowest BCUT2D eigenvalue weighted by molar-refractivity contribution is -0.118. The van der Waals surface area contributed by atoms with Crippen LogP contribution in [0.4, 0.5) is 0 Å². The molecule has 2 atom stereocenters. The highest BCUT2D eigenvalue weighted by Crippen LogP contribution is 2.27. The van der Waals surface area contributed by atoms with Crippen LogP contribution in [0, 0.1) is 6.92 Å². The van der Waals surface area contributed by atoms with Gasteiger partial charge >= 0.3 is 0 Å². The highest BCUT2D eigenvalue weighted by atomic mass is 32.2. The maximum atomic E-state index is 12.2. The number of nitrogens with one attached hydrogen (secondary N) is 1. The topological polar surface area (TPSA) is 55.4 Å². The van der Waals surface area contributed by atoms with Gasteiger partial charge in [-0.2, -0.15) is 0 Å². The van der Waals surface area contributed by atoms with Gasteiger partial charge in [0.25, 0.3) is 0 Å². The summed E-state index contributed by atoms with van der Waals surface area (Å²) >= 11 is 0. The number of aryl methyl sites for hydroxylation is 1. The number of ether oxygens (including phenoxy) is 1. The van der Waals surface area contributed by atoms with E-state index in [-0.39, 0.29) is 17.8 Å². The van der Waals surface area contributed by atoms with Crippen molar-refractivity contribution in [1.82, 2.24) is 5.32 Å². The van der Waals surface area contributed by atoms with Crippen LogP contribution < -0.4 is 10.1 Å². The SMILES string of the molecule is Cc1cccc(S(=O)CC(=O)NCC2Cc3ccccc3O2)c1. The summed E-state index contributed by atoms with van der Waals surface area (Å²) in [5.41, 5.74) is 2.20. The maximum Gasteiger partial charge on any atom is 0.233 e. The van der Waals surface area contributed by atoms with Crippen LogP contribution >= 0.6 is 0 Å². The van der Waals surface area contributed by atoms with Gasteiger partial charge in [-0.05, 0) is 36.2 Å². The normalized spacial score (nSPS) is 17.2. The van der Waals surface area contributed by atoms with Crippen molar-refractivity contribution in [3.05, 3.63) is 59.7 Å². The molecule has 120 valence electrons. The number of rotatable bonds is 5. The fourth-order valence-corrected chi connectivity index (χ4v) is 3.66. The number of amides is 1. The minimum atomic E-state index is -1.32. The lowest BCUT2D eigenvalue weighted by Crippen LogP contribution is -2.36. The van der Waals surface area contributed by atoms with Crippen molar-refractivity contribution in [2.24, 2.45) is 0 Å². The molecule has 0 saturated carbocycles. The van der Waals surface area contributed by atoms with Crippen LogP contribution in [0.2, 0.25) is 0 Å². The fraction of sp³-hybridized carbons (Fsp3) is 0.278. The Kier molecular flexibility index (Phi) is 4.76. The number of fused-ring (bicyclic) bond motifs is 1. The molecule has 0 aliphatic carbocycles. The molecule has 1 N–H and O–H groups in total. The van der Waals surface area contributed by atoms with Crippen LogP contribution in [-0.4, -0.2) is 28.5 Å². The zero-order valence-electron chi connectivity index (χ0n) is 13.0. The van der Waals surface area contributed by atoms with E-state index in [0.29, 0.717) is 11.4 Å². The molecule has 1 aliphatic heterocycles. The molecular formula is C18H19NO3S. The Morgan fingerprint density at radius 1 is 1.26 bits per heavy atom. The third-order valence-corrected chi connectivity index (χ3v) is 5.06. The summed E-state index contributed by atoms with van der Waals surface area (Å²) in [7, 11) is -1.32. The molecule has 4 nitrogen and oxygen atoms in total. The molecule has 3 rings (SSSR count). The van der Waals surface area contributed by atoms with Crippen molar-refractivity contribution in [3.63, 3.8) is 0 Å². The van der Waals surface area contributed by atoms with Gasteiger partial charge < -0.3 is 10.1 Å². The Labute approximate surface area is 138 Å². The predicted molar refractivity (Wildman–Crippen MR) is 90.0 cm³/mol. The molecule has 0 spiro atoms. The molecule has 2 aromatic carbocycles. The maximum absolute atomic E-state index is 12.2. The number of para-hydroxylation sites is 1. The zero-order valence-corrected chi connectivity index (χ0v) is 13.8. The summed E-state index contributed by atoms with van der Waals surface area (Å²) in [6, 6.07) is 15.3. The van der Waals surface area contributed by atoms with Gasteiger partial charge in [0.2, 0.25) is 5.91 Å². The number of carbonyl (C=O) groups is 1. The van der Waals surface area contributed by atoms with Crippen LogP contribution in [0.15, 0.2) is 53.4 Å². The van der Waals surface area contributed by atoms with Gasteiger partial charge in [0, 0.05) is 11.3 Å². The first-order chi connectivity index (χ1) is 11.1. The Bertz CT molecular complexity index is 720. The molecule has 1 amide bonds. The van der Waals surface area contributed by atoms with Gasteiger partial charge in [0.1, 0.15) is 17.6 Å². The van der Waals surface area contributed by atoms with Crippen molar-refractivity contribution >= 4 is 16.7 Å². The van der Waals surface area contributed by atoms with E-state index >= 15 is 0 Å². The van der Waals surface area contributed by atoms with Crippen LogP contribution in [0.3, 0.4) is 0 Å².